The normalized spacial score (nSPS) is 17.9. The first-order valence-electron chi connectivity index (χ1n) is 7.78. The molecule has 1 aromatic carbocycles. The van der Waals surface area contributed by atoms with Gasteiger partial charge in [-0.05, 0) is 55.9 Å². The van der Waals surface area contributed by atoms with Gasteiger partial charge in [-0.25, -0.2) is 0 Å². The number of hydrogen-bond acceptors (Lipinski definition) is 1. The maximum atomic E-state index is 4.79. The smallest absolute Gasteiger partial charge is 0.0711 e. The number of rotatable bonds is 3. The van der Waals surface area contributed by atoms with E-state index in [4.69, 9.17) is 4.99 Å². The zero-order valence-electron chi connectivity index (χ0n) is 11.9. The molecule has 0 bridgehead atoms. The summed E-state index contributed by atoms with van der Waals surface area (Å²) in [5.74, 6) is 0. The molecule has 1 aliphatic carbocycles. The molecule has 1 fully saturated rings. The second kappa shape index (κ2) is 5.73. The third-order valence-electron chi connectivity index (χ3n) is 4.27. The van der Waals surface area contributed by atoms with Gasteiger partial charge >= 0.3 is 0 Å². The van der Waals surface area contributed by atoms with Crippen molar-refractivity contribution >= 4 is 23.0 Å². The van der Waals surface area contributed by atoms with E-state index in [1.165, 1.54) is 66.8 Å². The second-order valence-electron chi connectivity index (χ2n) is 5.79. The van der Waals surface area contributed by atoms with Crippen molar-refractivity contribution in [2.45, 2.75) is 58.3 Å². The molecule has 0 aromatic heterocycles. The fraction of sp³-hybridized carbons (Fsp3) is 0.500. The van der Waals surface area contributed by atoms with E-state index in [1.54, 1.807) is 5.57 Å². The van der Waals surface area contributed by atoms with Crippen LogP contribution in [0.15, 0.2) is 23.2 Å². The summed E-state index contributed by atoms with van der Waals surface area (Å²) in [6.45, 7) is 2.24. The first kappa shape index (κ1) is 12.7. The third kappa shape index (κ3) is 2.80. The zero-order chi connectivity index (χ0) is 13.1. The molecule has 0 amide bonds. The first-order chi connectivity index (χ1) is 9.36. The van der Waals surface area contributed by atoms with Crippen LogP contribution in [0.5, 0.6) is 0 Å². The largest absolute Gasteiger partial charge is 0.253 e. The Morgan fingerprint density at radius 2 is 1.95 bits per heavy atom. The van der Waals surface area contributed by atoms with E-state index >= 15 is 0 Å². The van der Waals surface area contributed by atoms with Crippen molar-refractivity contribution in [1.29, 1.82) is 0 Å². The van der Waals surface area contributed by atoms with Gasteiger partial charge in [0, 0.05) is 10.9 Å². The van der Waals surface area contributed by atoms with Crippen molar-refractivity contribution in [1.82, 2.24) is 0 Å². The molecule has 2 aliphatic rings. The van der Waals surface area contributed by atoms with Gasteiger partial charge in [-0.3, -0.25) is 4.99 Å². The lowest BCUT2D eigenvalue weighted by molar-refractivity contribution is 0.643. The molecule has 1 nitrogen and oxygen atoms in total. The van der Waals surface area contributed by atoms with Gasteiger partial charge in [-0.2, -0.15) is 0 Å². The fourth-order valence-corrected chi connectivity index (χ4v) is 3.10. The summed E-state index contributed by atoms with van der Waals surface area (Å²) in [5, 5.41) is 2.75. The minimum absolute atomic E-state index is 1.12. The lowest BCUT2D eigenvalue weighted by Gasteiger charge is -2.13. The summed E-state index contributed by atoms with van der Waals surface area (Å²) >= 11 is 0. The standard InChI is InChI=1S/C18H23N/c1-2-3-9-17-12-16-11-10-15(13-18(16)19-17)14-7-5-4-6-8-14/h10-13H,2-9H2,1H3. The molecule has 1 aliphatic heterocycles. The van der Waals surface area contributed by atoms with Crippen molar-refractivity contribution in [3.8, 4) is 0 Å². The first-order valence-corrected chi connectivity index (χ1v) is 7.78. The Hall–Kier alpha value is -1.37. The van der Waals surface area contributed by atoms with Gasteiger partial charge in [-0.15, -0.1) is 0 Å². The molecule has 1 heterocycles. The molecule has 0 saturated heterocycles. The summed E-state index contributed by atoms with van der Waals surface area (Å²) in [4.78, 5) is 4.79. The Kier molecular flexibility index (Phi) is 3.82. The van der Waals surface area contributed by atoms with Gasteiger partial charge in [0.2, 0.25) is 0 Å². The van der Waals surface area contributed by atoms with Crippen LogP contribution in [0, 0.1) is 0 Å². The molecular weight excluding hydrogens is 230 g/mol. The summed E-state index contributed by atoms with van der Waals surface area (Å²) < 4.78 is 0. The van der Waals surface area contributed by atoms with E-state index in [1.807, 2.05) is 0 Å². The Labute approximate surface area is 115 Å². The summed E-state index contributed by atoms with van der Waals surface area (Å²) in [5.41, 5.74) is 4.11. The van der Waals surface area contributed by atoms with E-state index in [0.717, 1.165) is 6.42 Å². The van der Waals surface area contributed by atoms with E-state index in [0.29, 0.717) is 0 Å². The van der Waals surface area contributed by atoms with Crippen LogP contribution in [-0.2, 0) is 0 Å². The molecule has 0 radical (unpaired) electrons. The van der Waals surface area contributed by atoms with E-state index < -0.39 is 0 Å². The summed E-state index contributed by atoms with van der Waals surface area (Å²) in [6.07, 6.45) is 12.6. The maximum absolute atomic E-state index is 4.79. The Bertz CT molecular complexity index is 599. The third-order valence-corrected chi connectivity index (χ3v) is 4.27. The fourth-order valence-electron chi connectivity index (χ4n) is 3.10. The van der Waals surface area contributed by atoms with Crippen LogP contribution in [-0.4, -0.2) is 5.71 Å². The Balaban J connectivity index is 1.91. The zero-order valence-corrected chi connectivity index (χ0v) is 11.9. The SMILES string of the molecule is CCCCC1=Nc2cc(=C3CCCCC3)ccc2=C1. The quantitative estimate of drug-likeness (QED) is 0.775. The van der Waals surface area contributed by atoms with Crippen LogP contribution >= 0.6 is 0 Å². The lowest BCUT2D eigenvalue weighted by Crippen LogP contribution is -2.12. The number of benzene rings is 1. The summed E-state index contributed by atoms with van der Waals surface area (Å²) in [6, 6.07) is 6.87. The highest BCUT2D eigenvalue weighted by Crippen LogP contribution is 2.23. The highest BCUT2D eigenvalue weighted by molar-refractivity contribution is 6.14. The second-order valence-corrected chi connectivity index (χ2v) is 5.79. The van der Waals surface area contributed by atoms with Gasteiger partial charge in [0.1, 0.15) is 0 Å². The van der Waals surface area contributed by atoms with Gasteiger partial charge in [0.05, 0.1) is 5.69 Å². The van der Waals surface area contributed by atoms with Crippen LogP contribution < -0.4 is 10.4 Å². The van der Waals surface area contributed by atoms with E-state index in [9.17, 15) is 0 Å². The van der Waals surface area contributed by atoms with Crippen molar-refractivity contribution < 1.29 is 0 Å². The highest BCUT2D eigenvalue weighted by atomic mass is 14.8. The Morgan fingerprint density at radius 3 is 2.74 bits per heavy atom. The molecule has 1 heteroatoms. The van der Waals surface area contributed by atoms with Crippen LogP contribution in [0.25, 0.3) is 11.6 Å². The van der Waals surface area contributed by atoms with Gasteiger partial charge in [0.15, 0.2) is 0 Å². The highest BCUT2D eigenvalue weighted by Gasteiger charge is 2.09. The topological polar surface area (TPSA) is 12.4 Å². The predicted molar refractivity (Wildman–Crippen MR) is 83.3 cm³/mol. The van der Waals surface area contributed by atoms with E-state index in [-0.39, 0.29) is 0 Å². The predicted octanol–water partition coefficient (Wildman–Crippen LogP) is 3.86. The minimum atomic E-state index is 1.12. The van der Waals surface area contributed by atoms with Crippen LogP contribution in [0.2, 0.25) is 0 Å². The van der Waals surface area contributed by atoms with Crippen LogP contribution in [0.4, 0.5) is 5.69 Å². The molecule has 1 saturated carbocycles. The average molecular weight is 253 g/mol. The molecule has 0 unspecified atom stereocenters. The molecule has 19 heavy (non-hydrogen) atoms. The van der Waals surface area contributed by atoms with Crippen molar-refractivity contribution in [2.24, 2.45) is 4.99 Å². The molecule has 0 N–H and O–H groups in total. The lowest BCUT2D eigenvalue weighted by atomic mass is 9.93. The molecule has 1 aromatic rings. The molecule has 3 rings (SSSR count). The van der Waals surface area contributed by atoms with Crippen LogP contribution in [0.1, 0.15) is 58.3 Å². The monoisotopic (exact) mass is 253 g/mol. The number of nitrogens with zero attached hydrogens (tertiary/aromatic N) is 1. The number of hydrogen-bond donors (Lipinski definition) is 0. The minimum Gasteiger partial charge on any atom is -0.253 e. The van der Waals surface area contributed by atoms with Gasteiger partial charge in [0.25, 0.3) is 0 Å². The molecule has 0 spiro atoms. The number of aliphatic imine (C=N–C) groups is 1. The van der Waals surface area contributed by atoms with Crippen LogP contribution in [0.3, 0.4) is 0 Å². The Morgan fingerprint density at radius 1 is 1.11 bits per heavy atom. The van der Waals surface area contributed by atoms with Gasteiger partial charge < -0.3 is 0 Å². The number of unbranched alkanes of at least 4 members (excludes halogenated alkanes) is 1. The molecular formula is C18H23N. The number of fused-ring (bicyclic) bond motifs is 1. The molecule has 0 atom stereocenters. The average Bonchev–Trinajstić information content (AvgIpc) is 2.87. The molecule has 100 valence electrons. The van der Waals surface area contributed by atoms with Crippen molar-refractivity contribution in [2.75, 3.05) is 0 Å². The van der Waals surface area contributed by atoms with E-state index in [2.05, 4.69) is 31.2 Å². The van der Waals surface area contributed by atoms with Crippen molar-refractivity contribution in [3.63, 3.8) is 0 Å². The van der Waals surface area contributed by atoms with Gasteiger partial charge in [-0.1, -0.05) is 37.5 Å². The maximum Gasteiger partial charge on any atom is 0.0711 e. The van der Waals surface area contributed by atoms with Crippen molar-refractivity contribution in [3.05, 3.63) is 28.6 Å². The summed E-state index contributed by atoms with van der Waals surface area (Å²) in [7, 11) is 0.